The number of hydrogen-bond acceptors (Lipinski definition) is 6. The summed E-state index contributed by atoms with van der Waals surface area (Å²) < 4.78 is 50.6. The molecule has 3 rings (SSSR count). The molecule has 2 aromatic rings. The van der Waals surface area contributed by atoms with Gasteiger partial charge in [0.25, 0.3) is 5.91 Å². The Morgan fingerprint density at radius 3 is 2.48 bits per heavy atom. The monoisotopic (exact) mass is 422 g/mol. The highest BCUT2D eigenvalue weighted by Crippen LogP contribution is 2.22. The average molecular weight is 422 g/mol. The molecule has 8 nitrogen and oxygen atoms in total. The van der Waals surface area contributed by atoms with E-state index in [-0.39, 0.29) is 31.9 Å². The highest BCUT2D eigenvalue weighted by atomic mass is 32.2. The highest BCUT2D eigenvalue weighted by molar-refractivity contribution is 7.89. The van der Waals surface area contributed by atoms with Crippen LogP contribution in [0.2, 0.25) is 0 Å². The van der Waals surface area contributed by atoms with Gasteiger partial charge in [-0.1, -0.05) is 18.2 Å². The largest absolute Gasteiger partial charge is 0.452 e. The van der Waals surface area contributed by atoms with Crippen LogP contribution in [-0.2, 0) is 24.3 Å². The second kappa shape index (κ2) is 9.12. The number of nitrogens with zero attached hydrogens (tertiary/aromatic N) is 1. The number of halogens is 1. The second-order valence-corrected chi connectivity index (χ2v) is 8.06. The maximum absolute atomic E-state index is 14.2. The smallest absolute Gasteiger partial charge is 0.338 e. The van der Waals surface area contributed by atoms with Crippen LogP contribution in [0.5, 0.6) is 0 Å². The van der Waals surface area contributed by atoms with Crippen molar-refractivity contribution in [1.29, 1.82) is 0 Å². The van der Waals surface area contributed by atoms with Crippen LogP contribution in [0.4, 0.5) is 10.1 Å². The third-order valence-corrected chi connectivity index (χ3v) is 6.06. The molecule has 2 aromatic carbocycles. The minimum Gasteiger partial charge on any atom is -0.452 e. The molecule has 1 fully saturated rings. The lowest BCUT2D eigenvalue weighted by atomic mass is 10.2. The number of esters is 1. The predicted octanol–water partition coefficient (Wildman–Crippen LogP) is 1.64. The summed E-state index contributed by atoms with van der Waals surface area (Å²) in [7, 11) is -4.13. The molecule has 154 valence electrons. The molecule has 1 heterocycles. The van der Waals surface area contributed by atoms with Crippen LogP contribution < -0.4 is 5.32 Å². The number of hydrogen-bond donors (Lipinski definition) is 1. The lowest BCUT2D eigenvalue weighted by Gasteiger charge is -2.26. The number of anilines is 1. The van der Waals surface area contributed by atoms with Gasteiger partial charge in [0.15, 0.2) is 6.61 Å². The average Bonchev–Trinajstić information content (AvgIpc) is 2.73. The minimum atomic E-state index is -4.13. The predicted molar refractivity (Wildman–Crippen MR) is 101 cm³/mol. The van der Waals surface area contributed by atoms with Crippen molar-refractivity contribution < 1.29 is 31.9 Å². The Morgan fingerprint density at radius 1 is 1.10 bits per heavy atom. The zero-order chi connectivity index (χ0) is 20.9. The number of rotatable bonds is 6. The van der Waals surface area contributed by atoms with Crippen LogP contribution in [0.25, 0.3) is 0 Å². The Labute approximate surface area is 167 Å². The number of amides is 1. The first kappa shape index (κ1) is 20.9. The van der Waals surface area contributed by atoms with Gasteiger partial charge >= 0.3 is 5.97 Å². The molecule has 1 amide bonds. The van der Waals surface area contributed by atoms with Crippen molar-refractivity contribution >= 4 is 27.6 Å². The number of morpholine rings is 1. The molecule has 0 aliphatic carbocycles. The maximum atomic E-state index is 14.2. The third-order valence-electron chi connectivity index (χ3n) is 4.15. The molecule has 29 heavy (non-hydrogen) atoms. The Hall–Kier alpha value is -2.82. The first-order chi connectivity index (χ1) is 13.9. The molecule has 1 N–H and O–H groups in total. The number of sulfonamides is 1. The van der Waals surface area contributed by atoms with Crippen molar-refractivity contribution in [2.45, 2.75) is 4.90 Å². The van der Waals surface area contributed by atoms with Gasteiger partial charge in [-0.05, 0) is 30.3 Å². The molecule has 1 aliphatic heterocycles. The summed E-state index contributed by atoms with van der Waals surface area (Å²) in [6.07, 6.45) is 0. The molecule has 0 spiro atoms. The molecule has 0 bridgehead atoms. The summed E-state index contributed by atoms with van der Waals surface area (Å²) in [4.78, 5) is 23.5. The van der Waals surface area contributed by atoms with Gasteiger partial charge in [0, 0.05) is 18.8 Å². The van der Waals surface area contributed by atoms with Crippen molar-refractivity contribution in [3.05, 3.63) is 59.9 Å². The lowest BCUT2D eigenvalue weighted by Crippen LogP contribution is -2.41. The van der Waals surface area contributed by atoms with Crippen molar-refractivity contribution in [3.63, 3.8) is 0 Å². The van der Waals surface area contributed by atoms with E-state index in [9.17, 15) is 22.4 Å². The molecule has 0 saturated carbocycles. The molecule has 0 aromatic heterocycles. The number of ether oxygens (including phenoxy) is 2. The quantitative estimate of drug-likeness (QED) is 0.710. The summed E-state index contributed by atoms with van der Waals surface area (Å²) in [5, 5.41) is 2.55. The summed E-state index contributed by atoms with van der Waals surface area (Å²) in [5.41, 5.74) is 0.361. The van der Waals surface area contributed by atoms with Crippen LogP contribution in [0.15, 0.2) is 53.4 Å². The van der Waals surface area contributed by atoms with E-state index in [0.29, 0.717) is 5.69 Å². The number of carbonyl (C=O) groups is 2. The van der Waals surface area contributed by atoms with Crippen molar-refractivity contribution in [2.24, 2.45) is 0 Å². The third kappa shape index (κ3) is 5.17. The molecular formula is C19H19FN2O6S. The molecular weight excluding hydrogens is 403 g/mol. The first-order valence-electron chi connectivity index (χ1n) is 8.77. The normalized spacial score (nSPS) is 14.9. The molecule has 0 atom stereocenters. The van der Waals surface area contributed by atoms with E-state index in [4.69, 9.17) is 9.47 Å². The van der Waals surface area contributed by atoms with Gasteiger partial charge in [-0.25, -0.2) is 17.6 Å². The highest BCUT2D eigenvalue weighted by Gasteiger charge is 2.30. The fourth-order valence-electron chi connectivity index (χ4n) is 2.69. The van der Waals surface area contributed by atoms with E-state index in [1.54, 1.807) is 30.3 Å². The van der Waals surface area contributed by atoms with Gasteiger partial charge in [0.05, 0.1) is 18.8 Å². The molecule has 0 radical (unpaired) electrons. The Kier molecular flexibility index (Phi) is 6.57. The van der Waals surface area contributed by atoms with Gasteiger partial charge < -0.3 is 14.8 Å². The SMILES string of the molecule is O=C(COC(=O)c1ccc(F)c(S(=O)(=O)N2CCOCC2)c1)Nc1ccccc1. The maximum Gasteiger partial charge on any atom is 0.338 e. The van der Waals surface area contributed by atoms with E-state index in [0.717, 1.165) is 22.5 Å². The number of nitrogens with one attached hydrogen (secondary N) is 1. The van der Waals surface area contributed by atoms with Gasteiger partial charge in [0.1, 0.15) is 10.7 Å². The molecule has 1 saturated heterocycles. The summed E-state index contributed by atoms with van der Waals surface area (Å²) in [6, 6.07) is 11.5. The Bertz CT molecular complexity index is 991. The van der Waals surface area contributed by atoms with E-state index in [2.05, 4.69) is 5.32 Å². The summed E-state index contributed by atoms with van der Waals surface area (Å²) in [6.45, 7) is 0.0288. The molecule has 1 aliphatic rings. The van der Waals surface area contributed by atoms with Gasteiger partial charge in [-0.2, -0.15) is 4.31 Å². The number of carbonyl (C=O) groups excluding carboxylic acids is 2. The fourth-order valence-corrected chi connectivity index (χ4v) is 4.19. The Morgan fingerprint density at radius 2 is 1.79 bits per heavy atom. The molecule has 10 heteroatoms. The van der Waals surface area contributed by atoms with Crippen molar-refractivity contribution in [2.75, 3.05) is 38.2 Å². The summed E-state index contributed by atoms with van der Waals surface area (Å²) >= 11 is 0. The van der Waals surface area contributed by atoms with Crippen LogP contribution >= 0.6 is 0 Å². The fraction of sp³-hybridized carbons (Fsp3) is 0.263. The topological polar surface area (TPSA) is 102 Å². The van der Waals surface area contributed by atoms with Gasteiger partial charge in [-0.3, -0.25) is 4.79 Å². The van der Waals surface area contributed by atoms with E-state index < -0.39 is 39.2 Å². The van der Waals surface area contributed by atoms with Gasteiger partial charge in [0.2, 0.25) is 10.0 Å². The zero-order valence-corrected chi connectivity index (χ0v) is 16.2. The Balaban J connectivity index is 1.68. The zero-order valence-electron chi connectivity index (χ0n) is 15.3. The lowest BCUT2D eigenvalue weighted by molar-refractivity contribution is -0.119. The first-order valence-corrected chi connectivity index (χ1v) is 10.2. The van der Waals surface area contributed by atoms with Crippen LogP contribution in [0.3, 0.4) is 0 Å². The standard InChI is InChI=1S/C19H19FN2O6S/c20-16-7-6-14(12-17(16)29(25,26)22-8-10-27-11-9-22)19(24)28-13-18(23)21-15-4-2-1-3-5-15/h1-7,12H,8-11,13H2,(H,21,23). The van der Waals surface area contributed by atoms with Crippen molar-refractivity contribution in [3.8, 4) is 0 Å². The van der Waals surface area contributed by atoms with Crippen LogP contribution in [-0.4, -0.2) is 57.5 Å². The van der Waals surface area contributed by atoms with Crippen LogP contribution in [0, 0.1) is 5.82 Å². The van der Waals surface area contributed by atoms with E-state index in [1.165, 1.54) is 0 Å². The van der Waals surface area contributed by atoms with Crippen LogP contribution in [0.1, 0.15) is 10.4 Å². The number of benzene rings is 2. The van der Waals surface area contributed by atoms with Gasteiger partial charge in [-0.15, -0.1) is 0 Å². The summed E-state index contributed by atoms with van der Waals surface area (Å²) in [5.74, 6) is -2.48. The van der Waals surface area contributed by atoms with E-state index in [1.807, 2.05) is 0 Å². The molecule has 0 unspecified atom stereocenters. The minimum absolute atomic E-state index is 0.0934. The van der Waals surface area contributed by atoms with Crippen molar-refractivity contribution in [1.82, 2.24) is 4.31 Å². The van der Waals surface area contributed by atoms with E-state index >= 15 is 0 Å². The second-order valence-electron chi connectivity index (χ2n) is 6.15. The number of para-hydroxylation sites is 1.